The largest absolute Gasteiger partial charge is 0.477 e. The molecule has 7 nitrogen and oxygen atoms in total. The molecule has 3 heterocycles. The van der Waals surface area contributed by atoms with Crippen LogP contribution < -0.4 is 5.43 Å². The number of carboxylic acid groups (broad SMARTS) is 1. The number of fused-ring (bicyclic) bond motifs is 1. The highest BCUT2D eigenvalue weighted by molar-refractivity contribution is 7.08. The molecule has 0 saturated heterocycles. The van der Waals surface area contributed by atoms with E-state index in [0.717, 1.165) is 11.5 Å². The number of aromatic nitrogens is 4. The Hall–Kier alpha value is -2.61. The molecule has 0 atom stereocenters. The van der Waals surface area contributed by atoms with E-state index in [9.17, 15) is 14.7 Å². The Morgan fingerprint density at radius 1 is 1.40 bits per heavy atom. The topological polar surface area (TPSA) is 98.0 Å². The lowest BCUT2D eigenvalue weighted by Gasteiger charge is -2.09. The maximum Gasteiger partial charge on any atom is 0.341 e. The monoisotopic (exact) mass is 288 g/mol. The molecular formula is C12H8N4O3S. The van der Waals surface area contributed by atoms with Gasteiger partial charge in [-0.25, -0.2) is 14.8 Å². The summed E-state index contributed by atoms with van der Waals surface area (Å²) < 4.78 is 5.36. The maximum absolute atomic E-state index is 12.2. The van der Waals surface area contributed by atoms with Crippen molar-refractivity contribution in [1.29, 1.82) is 0 Å². The number of carbonyl (C=O) groups is 1. The van der Waals surface area contributed by atoms with Crippen LogP contribution in [0.4, 0.5) is 0 Å². The smallest absolute Gasteiger partial charge is 0.341 e. The van der Waals surface area contributed by atoms with Crippen LogP contribution in [-0.2, 0) is 0 Å². The Labute approximate surface area is 116 Å². The molecule has 3 aromatic rings. The molecule has 0 aliphatic rings. The van der Waals surface area contributed by atoms with E-state index < -0.39 is 11.4 Å². The molecule has 1 N–H and O–H groups in total. The van der Waals surface area contributed by atoms with Crippen LogP contribution in [0.1, 0.15) is 15.9 Å². The minimum Gasteiger partial charge on any atom is -0.477 e. The van der Waals surface area contributed by atoms with E-state index in [1.807, 2.05) is 0 Å². The Balaban J connectivity index is 2.53. The van der Waals surface area contributed by atoms with Gasteiger partial charge in [0.25, 0.3) is 0 Å². The number of aromatic carboxylic acids is 1. The first-order valence-electron chi connectivity index (χ1n) is 5.61. The van der Waals surface area contributed by atoms with Gasteiger partial charge in [0, 0.05) is 23.9 Å². The van der Waals surface area contributed by atoms with Crippen molar-refractivity contribution < 1.29 is 9.90 Å². The Morgan fingerprint density at radius 2 is 2.20 bits per heavy atom. The van der Waals surface area contributed by atoms with Crippen LogP contribution in [0.3, 0.4) is 0 Å². The molecule has 20 heavy (non-hydrogen) atoms. The molecule has 0 bridgehead atoms. The van der Waals surface area contributed by atoms with Crippen molar-refractivity contribution in [3.05, 3.63) is 46.1 Å². The number of hydrogen-bond donors (Lipinski definition) is 1. The van der Waals surface area contributed by atoms with E-state index in [1.165, 1.54) is 17.1 Å². The number of hydrogen-bond acceptors (Lipinski definition) is 6. The van der Waals surface area contributed by atoms with Gasteiger partial charge in [-0.3, -0.25) is 9.36 Å². The van der Waals surface area contributed by atoms with Crippen LogP contribution >= 0.6 is 11.5 Å². The van der Waals surface area contributed by atoms with E-state index in [1.54, 1.807) is 19.2 Å². The first kappa shape index (κ1) is 12.4. The summed E-state index contributed by atoms with van der Waals surface area (Å²) >= 11 is 1.09. The van der Waals surface area contributed by atoms with Crippen molar-refractivity contribution in [2.45, 2.75) is 6.92 Å². The summed E-state index contributed by atoms with van der Waals surface area (Å²) in [6.07, 6.45) is 4.16. The van der Waals surface area contributed by atoms with Crippen LogP contribution in [0, 0.1) is 6.92 Å². The summed E-state index contributed by atoms with van der Waals surface area (Å²) in [5, 5.41) is 9.91. The van der Waals surface area contributed by atoms with E-state index in [-0.39, 0.29) is 10.9 Å². The van der Waals surface area contributed by atoms with E-state index in [2.05, 4.69) is 14.3 Å². The summed E-state index contributed by atoms with van der Waals surface area (Å²) in [5.74, 6) is -1.28. The summed E-state index contributed by atoms with van der Waals surface area (Å²) in [5.41, 5.74) is 0.181. The normalized spacial score (nSPS) is 10.8. The fourth-order valence-electron chi connectivity index (χ4n) is 1.96. The fraction of sp³-hybridized carbons (Fsp3) is 0.0833. The predicted molar refractivity (Wildman–Crippen MR) is 72.5 cm³/mol. The van der Waals surface area contributed by atoms with E-state index in [0.29, 0.717) is 16.3 Å². The van der Waals surface area contributed by atoms with Gasteiger partial charge in [0.15, 0.2) is 0 Å². The number of pyridine rings is 2. The molecule has 0 unspecified atom stereocenters. The Morgan fingerprint density at radius 3 is 2.85 bits per heavy atom. The number of rotatable bonds is 2. The van der Waals surface area contributed by atoms with E-state index >= 15 is 0 Å². The molecule has 0 aliphatic heterocycles. The lowest BCUT2D eigenvalue weighted by atomic mass is 10.1. The minimum atomic E-state index is -1.28. The molecule has 0 fully saturated rings. The summed E-state index contributed by atoms with van der Waals surface area (Å²) in [7, 11) is 0. The zero-order chi connectivity index (χ0) is 14.3. The first-order valence-corrected chi connectivity index (χ1v) is 6.38. The van der Waals surface area contributed by atoms with Gasteiger partial charge in [0.1, 0.15) is 17.5 Å². The quantitative estimate of drug-likeness (QED) is 0.762. The van der Waals surface area contributed by atoms with Crippen molar-refractivity contribution in [2.75, 3.05) is 0 Å². The average Bonchev–Trinajstić information content (AvgIpc) is 2.92. The third-order valence-corrected chi connectivity index (χ3v) is 3.55. The van der Waals surface area contributed by atoms with Gasteiger partial charge in [-0.1, -0.05) is 0 Å². The maximum atomic E-state index is 12.2. The van der Waals surface area contributed by atoms with Crippen LogP contribution in [0.25, 0.3) is 16.2 Å². The van der Waals surface area contributed by atoms with Gasteiger partial charge in [0.2, 0.25) is 10.6 Å². The highest BCUT2D eigenvalue weighted by Gasteiger charge is 2.18. The molecule has 3 aromatic heterocycles. The number of aryl methyl sites for hydroxylation is 1. The van der Waals surface area contributed by atoms with Gasteiger partial charge < -0.3 is 5.11 Å². The molecule has 0 aromatic carbocycles. The third kappa shape index (κ3) is 1.77. The molecule has 0 saturated carbocycles. The zero-order valence-electron chi connectivity index (χ0n) is 10.3. The molecule has 3 rings (SSSR count). The second-order valence-corrected chi connectivity index (χ2v) is 4.86. The van der Waals surface area contributed by atoms with Gasteiger partial charge in [-0.15, -0.1) is 0 Å². The van der Waals surface area contributed by atoms with Crippen molar-refractivity contribution in [1.82, 2.24) is 18.9 Å². The van der Waals surface area contributed by atoms with Crippen molar-refractivity contribution in [2.24, 2.45) is 0 Å². The van der Waals surface area contributed by atoms with Crippen molar-refractivity contribution in [3.63, 3.8) is 0 Å². The predicted octanol–water partition coefficient (Wildman–Crippen LogP) is 1.24. The van der Waals surface area contributed by atoms with Gasteiger partial charge in [-0.2, -0.15) is 4.37 Å². The molecule has 0 amide bonds. The molecular weight excluding hydrogens is 280 g/mol. The van der Waals surface area contributed by atoms with Gasteiger partial charge in [-0.05, 0) is 18.6 Å². The summed E-state index contributed by atoms with van der Waals surface area (Å²) in [6.45, 7) is 1.74. The fourth-order valence-corrected chi connectivity index (χ4v) is 2.47. The van der Waals surface area contributed by atoms with Gasteiger partial charge >= 0.3 is 5.97 Å². The Bertz CT molecular complexity index is 870. The highest BCUT2D eigenvalue weighted by Crippen LogP contribution is 2.18. The molecule has 0 radical (unpaired) electrons. The van der Waals surface area contributed by atoms with Crippen LogP contribution in [-0.4, -0.2) is 30.0 Å². The van der Waals surface area contributed by atoms with Crippen LogP contribution in [0.15, 0.2) is 29.6 Å². The lowest BCUT2D eigenvalue weighted by molar-refractivity contribution is 0.0695. The number of carboxylic acids is 1. The second kappa shape index (κ2) is 4.49. The van der Waals surface area contributed by atoms with Crippen LogP contribution in [0.5, 0.6) is 0 Å². The molecule has 0 aliphatic carbocycles. The average molecular weight is 288 g/mol. The molecule has 8 heteroatoms. The third-order valence-electron chi connectivity index (χ3n) is 2.88. The zero-order valence-corrected chi connectivity index (χ0v) is 11.1. The number of nitrogens with zero attached hydrogens (tertiary/aromatic N) is 4. The Kier molecular flexibility index (Phi) is 2.79. The SMILES string of the molecule is Cc1ccnc2c1c(=O)c(C(=O)O)cn2-c1ncns1. The van der Waals surface area contributed by atoms with Crippen molar-refractivity contribution in [3.8, 4) is 5.13 Å². The minimum absolute atomic E-state index is 0.280. The second-order valence-electron chi connectivity index (χ2n) is 4.10. The van der Waals surface area contributed by atoms with Gasteiger partial charge in [0.05, 0.1) is 5.39 Å². The van der Waals surface area contributed by atoms with E-state index in [4.69, 9.17) is 0 Å². The summed E-state index contributed by atoms with van der Waals surface area (Å²) in [6, 6.07) is 1.67. The highest BCUT2D eigenvalue weighted by atomic mass is 32.1. The standard InChI is InChI=1S/C12H8N4O3S/c1-6-2-3-13-10-8(6)9(17)7(11(18)19)4-16(10)12-14-5-15-20-12/h2-5H,1H3,(H,18,19). The molecule has 100 valence electrons. The lowest BCUT2D eigenvalue weighted by Crippen LogP contribution is -2.19. The van der Waals surface area contributed by atoms with Crippen molar-refractivity contribution >= 4 is 28.5 Å². The first-order chi connectivity index (χ1) is 9.59. The van der Waals surface area contributed by atoms with Crippen LogP contribution in [0.2, 0.25) is 0 Å². The molecule has 0 spiro atoms. The summed E-state index contributed by atoms with van der Waals surface area (Å²) in [4.78, 5) is 31.7.